The highest BCUT2D eigenvalue weighted by Gasteiger charge is 2.53. The fraction of sp³-hybridized carbons (Fsp3) is 0.500. The fourth-order valence-corrected chi connectivity index (χ4v) is 3.29. The third kappa shape index (κ3) is 7.65. The van der Waals surface area contributed by atoms with Gasteiger partial charge in [-0.15, -0.1) is 0 Å². The van der Waals surface area contributed by atoms with Crippen molar-refractivity contribution in [3.05, 3.63) is 27.8 Å². The van der Waals surface area contributed by atoms with E-state index in [-0.39, 0.29) is 6.61 Å². The molecular formula is C20H23IO10. The van der Waals surface area contributed by atoms with Crippen molar-refractivity contribution >= 4 is 46.5 Å². The van der Waals surface area contributed by atoms with E-state index in [0.717, 1.165) is 17.4 Å². The Morgan fingerprint density at radius 2 is 1.32 bits per heavy atom. The number of benzene rings is 1. The molecule has 5 atom stereocenters. The van der Waals surface area contributed by atoms with Gasteiger partial charge in [-0.1, -0.05) is 0 Å². The van der Waals surface area contributed by atoms with Gasteiger partial charge in [0.15, 0.2) is 12.2 Å². The van der Waals surface area contributed by atoms with Crippen LogP contribution in [0.25, 0.3) is 0 Å². The van der Waals surface area contributed by atoms with Crippen molar-refractivity contribution in [2.75, 3.05) is 6.61 Å². The smallest absolute Gasteiger partial charge is 0.303 e. The lowest BCUT2D eigenvalue weighted by Gasteiger charge is -2.43. The zero-order chi connectivity index (χ0) is 23.1. The molecular weight excluding hydrogens is 527 g/mol. The molecule has 0 aliphatic carbocycles. The van der Waals surface area contributed by atoms with Crippen molar-refractivity contribution < 1.29 is 47.6 Å². The van der Waals surface area contributed by atoms with Crippen LogP contribution in [-0.2, 0) is 42.9 Å². The quantitative estimate of drug-likeness (QED) is 0.282. The van der Waals surface area contributed by atoms with Crippen LogP contribution in [0.5, 0.6) is 5.75 Å². The van der Waals surface area contributed by atoms with E-state index < -0.39 is 54.6 Å². The van der Waals surface area contributed by atoms with E-state index in [2.05, 4.69) is 22.6 Å². The summed E-state index contributed by atoms with van der Waals surface area (Å²) in [6.45, 7) is 4.36. The molecule has 1 fully saturated rings. The molecule has 0 aromatic heterocycles. The number of carbonyl (C=O) groups is 4. The SMILES string of the molecule is CC(=O)OCC1O[C@@H](Oc2ccc(I)cc2)[C@@H](OC(C)=O)C(OC(C)=O)[C@@H]1OC(C)=O. The number of esters is 4. The predicted octanol–water partition coefficient (Wildman–Crippen LogP) is 1.75. The maximum Gasteiger partial charge on any atom is 0.303 e. The summed E-state index contributed by atoms with van der Waals surface area (Å²) in [7, 11) is 0. The molecule has 1 aliphatic rings. The molecule has 0 spiro atoms. The van der Waals surface area contributed by atoms with Gasteiger partial charge in [0.05, 0.1) is 0 Å². The first-order chi connectivity index (χ1) is 14.6. The zero-order valence-corrected chi connectivity index (χ0v) is 19.5. The minimum absolute atomic E-state index is 0.315. The van der Waals surface area contributed by atoms with Gasteiger partial charge in [0.25, 0.3) is 0 Å². The Balaban J connectivity index is 2.43. The molecule has 1 heterocycles. The Kier molecular flexibility index (Phi) is 9.04. The maximum atomic E-state index is 11.8. The lowest BCUT2D eigenvalue weighted by molar-refractivity contribution is -0.288. The van der Waals surface area contributed by atoms with Crippen LogP contribution in [-0.4, -0.2) is 61.2 Å². The molecule has 0 N–H and O–H groups in total. The summed E-state index contributed by atoms with van der Waals surface area (Å²) in [4.78, 5) is 46.5. The van der Waals surface area contributed by atoms with Crippen LogP contribution in [0.3, 0.4) is 0 Å². The van der Waals surface area contributed by atoms with Crippen molar-refractivity contribution in [2.45, 2.75) is 58.4 Å². The van der Waals surface area contributed by atoms with Crippen molar-refractivity contribution in [3.63, 3.8) is 0 Å². The minimum Gasteiger partial charge on any atom is -0.463 e. The van der Waals surface area contributed by atoms with Gasteiger partial charge in [-0.3, -0.25) is 19.2 Å². The average molecular weight is 550 g/mol. The van der Waals surface area contributed by atoms with E-state index in [4.69, 9.17) is 28.4 Å². The van der Waals surface area contributed by atoms with E-state index in [1.165, 1.54) is 13.8 Å². The lowest BCUT2D eigenvalue weighted by atomic mass is 9.98. The number of ether oxygens (including phenoxy) is 6. The summed E-state index contributed by atoms with van der Waals surface area (Å²) < 4.78 is 33.7. The molecule has 31 heavy (non-hydrogen) atoms. The standard InChI is InChI=1S/C20H23IO10/c1-10(22)26-9-16-17(27-11(2)23)18(28-12(3)24)19(29-13(4)25)20(31-16)30-15-7-5-14(21)6-8-15/h5-8,16-20H,9H2,1-4H3/t16?,17-,18?,19+,20-/m1/s1. The molecule has 170 valence electrons. The first kappa shape index (κ1) is 24.9. The molecule has 1 saturated heterocycles. The normalized spacial score (nSPS) is 25.1. The van der Waals surface area contributed by atoms with Crippen molar-refractivity contribution in [1.82, 2.24) is 0 Å². The van der Waals surface area contributed by atoms with Crippen LogP contribution in [0.4, 0.5) is 0 Å². The summed E-state index contributed by atoms with van der Waals surface area (Å²) >= 11 is 2.13. The predicted molar refractivity (Wildman–Crippen MR) is 112 cm³/mol. The molecule has 10 nitrogen and oxygen atoms in total. The third-order valence-electron chi connectivity index (χ3n) is 4.01. The molecule has 0 amide bonds. The second-order valence-electron chi connectivity index (χ2n) is 6.64. The maximum absolute atomic E-state index is 11.8. The highest BCUT2D eigenvalue weighted by molar-refractivity contribution is 14.1. The average Bonchev–Trinajstić information content (AvgIpc) is 2.65. The molecule has 0 saturated carbocycles. The van der Waals surface area contributed by atoms with Gasteiger partial charge in [-0.05, 0) is 46.9 Å². The summed E-state index contributed by atoms with van der Waals surface area (Å²) in [5, 5.41) is 0. The van der Waals surface area contributed by atoms with Crippen molar-refractivity contribution in [2.24, 2.45) is 0 Å². The second kappa shape index (κ2) is 11.3. The summed E-state index contributed by atoms with van der Waals surface area (Å²) in [5.41, 5.74) is 0. The van der Waals surface area contributed by atoms with Crippen LogP contribution in [0.15, 0.2) is 24.3 Å². The monoisotopic (exact) mass is 550 g/mol. The number of rotatable bonds is 7. The largest absolute Gasteiger partial charge is 0.463 e. The summed E-state index contributed by atoms with van der Waals surface area (Å²) in [5.74, 6) is -2.30. The van der Waals surface area contributed by atoms with Crippen LogP contribution in [0.2, 0.25) is 0 Å². The Morgan fingerprint density at radius 1 is 0.806 bits per heavy atom. The summed E-state index contributed by atoms with van der Waals surface area (Å²) in [6, 6.07) is 6.94. The molecule has 1 aromatic carbocycles. The van der Waals surface area contributed by atoms with Crippen LogP contribution in [0, 0.1) is 3.57 Å². The first-order valence-electron chi connectivity index (χ1n) is 9.29. The van der Waals surface area contributed by atoms with Gasteiger partial charge >= 0.3 is 23.9 Å². The molecule has 0 radical (unpaired) electrons. The number of hydrogen-bond donors (Lipinski definition) is 0. The van der Waals surface area contributed by atoms with E-state index in [0.29, 0.717) is 5.75 Å². The van der Waals surface area contributed by atoms with E-state index >= 15 is 0 Å². The first-order valence-corrected chi connectivity index (χ1v) is 10.4. The Morgan fingerprint density at radius 3 is 1.84 bits per heavy atom. The van der Waals surface area contributed by atoms with Crippen LogP contribution in [0.1, 0.15) is 27.7 Å². The zero-order valence-electron chi connectivity index (χ0n) is 17.4. The highest BCUT2D eigenvalue weighted by atomic mass is 127. The topological polar surface area (TPSA) is 124 Å². The van der Waals surface area contributed by atoms with Gasteiger partial charge < -0.3 is 28.4 Å². The lowest BCUT2D eigenvalue weighted by Crippen LogP contribution is -2.63. The van der Waals surface area contributed by atoms with Gasteiger partial charge in [-0.25, -0.2) is 0 Å². The highest BCUT2D eigenvalue weighted by Crippen LogP contribution is 2.31. The second-order valence-corrected chi connectivity index (χ2v) is 7.89. The van der Waals surface area contributed by atoms with Gasteiger partial charge in [0.2, 0.25) is 12.4 Å². The molecule has 0 bridgehead atoms. The van der Waals surface area contributed by atoms with Crippen LogP contribution < -0.4 is 4.74 Å². The number of halogens is 1. The molecule has 11 heteroatoms. The van der Waals surface area contributed by atoms with Gasteiger partial charge in [-0.2, -0.15) is 0 Å². The molecule has 2 unspecified atom stereocenters. The third-order valence-corrected chi connectivity index (χ3v) is 4.73. The van der Waals surface area contributed by atoms with Crippen molar-refractivity contribution in [3.8, 4) is 5.75 Å². The molecule has 1 aliphatic heterocycles. The minimum atomic E-state index is -1.27. The number of carbonyl (C=O) groups excluding carboxylic acids is 4. The van der Waals surface area contributed by atoms with Crippen LogP contribution >= 0.6 is 22.6 Å². The van der Waals surface area contributed by atoms with Crippen molar-refractivity contribution in [1.29, 1.82) is 0 Å². The van der Waals surface area contributed by atoms with E-state index in [1.54, 1.807) is 24.3 Å². The Hall–Kier alpha value is -2.41. The van der Waals surface area contributed by atoms with Gasteiger partial charge in [0, 0.05) is 31.3 Å². The van der Waals surface area contributed by atoms with E-state index in [1.807, 2.05) is 0 Å². The molecule has 1 aromatic rings. The van der Waals surface area contributed by atoms with Gasteiger partial charge in [0.1, 0.15) is 18.5 Å². The summed E-state index contributed by atoms with van der Waals surface area (Å²) in [6.07, 6.45) is -6.06. The fourth-order valence-electron chi connectivity index (χ4n) is 2.93. The molecule has 2 rings (SSSR count). The number of hydrogen-bond acceptors (Lipinski definition) is 10. The Labute approximate surface area is 192 Å². The van der Waals surface area contributed by atoms with E-state index in [9.17, 15) is 19.2 Å². The Bertz CT molecular complexity index is 809.